The topological polar surface area (TPSA) is 76.2 Å². The molecule has 0 spiro atoms. The molecule has 0 aliphatic rings. The van der Waals surface area contributed by atoms with Gasteiger partial charge < -0.3 is 14.8 Å². The molecule has 2 aromatic carbocycles. The molecule has 1 atom stereocenters. The zero-order chi connectivity index (χ0) is 19.2. The van der Waals surface area contributed by atoms with Crippen molar-refractivity contribution in [1.82, 2.24) is 15.5 Å². The van der Waals surface area contributed by atoms with Crippen LogP contribution < -0.4 is 14.8 Å². The summed E-state index contributed by atoms with van der Waals surface area (Å²) in [4.78, 5) is 12.7. The minimum Gasteiger partial charge on any atom is -0.497 e. The number of amides is 1. The molecule has 0 radical (unpaired) electrons. The molecule has 0 aliphatic carbocycles. The van der Waals surface area contributed by atoms with Gasteiger partial charge in [-0.25, -0.2) is 0 Å². The number of nitrogens with one attached hydrogen (secondary N) is 2. The molecule has 0 saturated carbocycles. The Hall–Kier alpha value is -3.28. The highest BCUT2D eigenvalue weighted by Gasteiger charge is 2.17. The largest absolute Gasteiger partial charge is 0.497 e. The summed E-state index contributed by atoms with van der Waals surface area (Å²) < 4.78 is 10.5. The minimum atomic E-state index is -0.202. The average molecular weight is 365 g/mol. The normalized spacial score (nSPS) is 11.7. The molecule has 1 aromatic heterocycles. The SMILES string of the molecule is CC[C@@H](NC(=O)c1cc(-c2ccccc2OC)n[nH]1)c1ccc(OC)cc1. The fourth-order valence-corrected chi connectivity index (χ4v) is 2.93. The highest BCUT2D eigenvalue weighted by molar-refractivity contribution is 5.93. The van der Waals surface area contributed by atoms with Gasteiger partial charge in [0, 0.05) is 5.56 Å². The number of hydrogen-bond acceptors (Lipinski definition) is 4. The third-order valence-electron chi connectivity index (χ3n) is 4.44. The van der Waals surface area contributed by atoms with Crippen LogP contribution in [-0.4, -0.2) is 30.3 Å². The van der Waals surface area contributed by atoms with Gasteiger partial charge in [0.15, 0.2) is 0 Å². The predicted octanol–water partition coefficient (Wildman–Crippen LogP) is 3.98. The number of aromatic amines is 1. The van der Waals surface area contributed by atoms with Gasteiger partial charge in [-0.15, -0.1) is 0 Å². The Morgan fingerprint density at radius 1 is 1.11 bits per heavy atom. The Morgan fingerprint density at radius 2 is 1.85 bits per heavy atom. The summed E-state index contributed by atoms with van der Waals surface area (Å²) in [5.74, 6) is 1.29. The van der Waals surface area contributed by atoms with E-state index in [9.17, 15) is 4.79 Å². The van der Waals surface area contributed by atoms with E-state index in [-0.39, 0.29) is 11.9 Å². The lowest BCUT2D eigenvalue weighted by molar-refractivity contribution is 0.0930. The quantitative estimate of drug-likeness (QED) is 0.664. The molecule has 6 heteroatoms. The molecule has 2 N–H and O–H groups in total. The number of carbonyl (C=O) groups is 1. The van der Waals surface area contributed by atoms with Crippen molar-refractivity contribution in [2.75, 3.05) is 14.2 Å². The Kier molecular flexibility index (Phi) is 5.76. The van der Waals surface area contributed by atoms with Gasteiger partial charge >= 0.3 is 0 Å². The summed E-state index contributed by atoms with van der Waals surface area (Å²) in [6.07, 6.45) is 0.769. The first kappa shape index (κ1) is 18.5. The van der Waals surface area contributed by atoms with Crippen molar-refractivity contribution in [3.8, 4) is 22.8 Å². The Labute approximate surface area is 158 Å². The molecule has 140 valence electrons. The maximum absolute atomic E-state index is 12.7. The molecule has 0 fully saturated rings. The van der Waals surface area contributed by atoms with Crippen LogP contribution in [0.4, 0.5) is 0 Å². The van der Waals surface area contributed by atoms with Crippen LogP contribution in [0, 0.1) is 0 Å². The molecular formula is C21H23N3O3. The number of benzene rings is 2. The second-order valence-corrected chi connectivity index (χ2v) is 6.07. The molecular weight excluding hydrogens is 342 g/mol. The molecule has 0 aliphatic heterocycles. The summed E-state index contributed by atoms with van der Waals surface area (Å²) in [5.41, 5.74) is 2.92. The van der Waals surface area contributed by atoms with E-state index in [1.165, 1.54) is 0 Å². The van der Waals surface area contributed by atoms with Crippen molar-refractivity contribution in [3.05, 3.63) is 65.9 Å². The monoisotopic (exact) mass is 365 g/mol. The zero-order valence-electron chi connectivity index (χ0n) is 15.7. The molecule has 3 aromatic rings. The molecule has 3 rings (SSSR count). The standard InChI is InChI=1S/C21H23N3O3/c1-4-17(14-9-11-15(26-2)12-10-14)22-21(25)19-13-18(23-24-19)16-7-5-6-8-20(16)27-3/h5-13,17H,4H2,1-3H3,(H,22,25)(H,23,24)/t17-/m1/s1. The van der Waals surface area contributed by atoms with Crippen molar-refractivity contribution in [3.63, 3.8) is 0 Å². The van der Waals surface area contributed by atoms with Gasteiger partial charge in [0.1, 0.15) is 17.2 Å². The van der Waals surface area contributed by atoms with Gasteiger partial charge in [-0.3, -0.25) is 9.89 Å². The van der Waals surface area contributed by atoms with Crippen LogP contribution in [0.5, 0.6) is 11.5 Å². The second kappa shape index (κ2) is 8.40. The van der Waals surface area contributed by atoms with Crippen LogP contribution in [-0.2, 0) is 0 Å². The van der Waals surface area contributed by atoms with E-state index >= 15 is 0 Å². The summed E-state index contributed by atoms with van der Waals surface area (Å²) in [6.45, 7) is 2.03. The summed E-state index contributed by atoms with van der Waals surface area (Å²) in [7, 11) is 3.24. The van der Waals surface area contributed by atoms with Gasteiger partial charge in [-0.2, -0.15) is 5.10 Å². The van der Waals surface area contributed by atoms with Crippen LogP contribution in [0.25, 0.3) is 11.3 Å². The average Bonchev–Trinajstić information content (AvgIpc) is 3.22. The van der Waals surface area contributed by atoms with Gasteiger partial charge in [0.05, 0.1) is 26.0 Å². The number of hydrogen-bond donors (Lipinski definition) is 2. The van der Waals surface area contributed by atoms with Gasteiger partial charge in [-0.05, 0) is 42.3 Å². The lowest BCUT2D eigenvalue weighted by atomic mass is 10.0. The van der Waals surface area contributed by atoms with Crippen molar-refractivity contribution < 1.29 is 14.3 Å². The van der Waals surface area contributed by atoms with E-state index in [4.69, 9.17) is 9.47 Å². The Bertz CT molecular complexity index is 903. The van der Waals surface area contributed by atoms with E-state index in [0.717, 1.165) is 23.3 Å². The van der Waals surface area contributed by atoms with Crippen LogP contribution in [0.2, 0.25) is 0 Å². The summed E-state index contributed by atoms with van der Waals surface area (Å²) in [6, 6.07) is 16.9. The summed E-state index contributed by atoms with van der Waals surface area (Å²) in [5, 5.41) is 10.1. The third kappa shape index (κ3) is 4.11. The molecule has 27 heavy (non-hydrogen) atoms. The van der Waals surface area contributed by atoms with E-state index in [0.29, 0.717) is 17.1 Å². The fourth-order valence-electron chi connectivity index (χ4n) is 2.93. The van der Waals surface area contributed by atoms with Crippen LogP contribution in [0.3, 0.4) is 0 Å². The number of aromatic nitrogens is 2. The number of carbonyl (C=O) groups excluding carboxylic acids is 1. The van der Waals surface area contributed by atoms with E-state index in [2.05, 4.69) is 15.5 Å². The third-order valence-corrected chi connectivity index (χ3v) is 4.44. The van der Waals surface area contributed by atoms with Gasteiger partial charge in [0.25, 0.3) is 5.91 Å². The lowest BCUT2D eigenvalue weighted by Crippen LogP contribution is -2.28. The van der Waals surface area contributed by atoms with Crippen LogP contribution in [0.1, 0.15) is 35.4 Å². The number of nitrogens with zero attached hydrogens (tertiary/aromatic N) is 1. The summed E-state index contributed by atoms with van der Waals surface area (Å²) >= 11 is 0. The van der Waals surface area contributed by atoms with Crippen LogP contribution >= 0.6 is 0 Å². The lowest BCUT2D eigenvalue weighted by Gasteiger charge is -2.17. The molecule has 1 amide bonds. The number of ether oxygens (including phenoxy) is 2. The Morgan fingerprint density at radius 3 is 2.52 bits per heavy atom. The van der Waals surface area contributed by atoms with Crippen LogP contribution in [0.15, 0.2) is 54.6 Å². The van der Waals surface area contributed by atoms with Crippen molar-refractivity contribution in [1.29, 1.82) is 0 Å². The van der Waals surface area contributed by atoms with E-state index < -0.39 is 0 Å². The highest BCUT2D eigenvalue weighted by atomic mass is 16.5. The molecule has 6 nitrogen and oxygen atoms in total. The first-order chi connectivity index (χ1) is 13.2. The van der Waals surface area contributed by atoms with Gasteiger partial charge in [0.2, 0.25) is 0 Å². The van der Waals surface area contributed by atoms with Crippen molar-refractivity contribution >= 4 is 5.91 Å². The first-order valence-electron chi connectivity index (χ1n) is 8.79. The van der Waals surface area contributed by atoms with Crippen molar-refractivity contribution in [2.45, 2.75) is 19.4 Å². The van der Waals surface area contributed by atoms with Gasteiger partial charge in [-0.1, -0.05) is 31.2 Å². The van der Waals surface area contributed by atoms with E-state index in [1.54, 1.807) is 20.3 Å². The molecule has 1 heterocycles. The number of H-pyrrole nitrogens is 1. The Balaban J connectivity index is 1.76. The molecule has 0 unspecified atom stereocenters. The number of methoxy groups -OCH3 is 2. The maximum Gasteiger partial charge on any atom is 0.269 e. The highest BCUT2D eigenvalue weighted by Crippen LogP contribution is 2.28. The second-order valence-electron chi connectivity index (χ2n) is 6.07. The smallest absolute Gasteiger partial charge is 0.269 e. The number of rotatable bonds is 7. The maximum atomic E-state index is 12.7. The fraction of sp³-hybridized carbons (Fsp3) is 0.238. The molecule has 0 saturated heterocycles. The first-order valence-corrected chi connectivity index (χ1v) is 8.79. The number of para-hydroxylation sites is 1. The van der Waals surface area contributed by atoms with Crippen molar-refractivity contribution in [2.24, 2.45) is 0 Å². The minimum absolute atomic E-state index is 0.0959. The molecule has 0 bridgehead atoms. The zero-order valence-corrected chi connectivity index (χ0v) is 15.7. The van der Waals surface area contributed by atoms with E-state index in [1.807, 2.05) is 55.5 Å². The predicted molar refractivity (Wildman–Crippen MR) is 104 cm³/mol.